The standard InChI is InChI=1S/C29H52N2O11/c1-30-7-9-33-11-13-35-15-17-37-19-21-39-23-25-41-26-24-40-22-20-38-18-16-36-14-12-34-10-8-31-29(32)42-27-28-5-3-2-4-6-28/h2-6,30H,7-27H2,1H3,(H,31,32). The zero-order valence-corrected chi connectivity index (χ0v) is 25.2. The van der Waals surface area contributed by atoms with Crippen LogP contribution in [0.4, 0.5) is 4.79 Å². The van der Waals surface area contributed by atoms with Crippen LogP contribution in [-0.2, 0) is 54.0 Å². The van der Waals surface area contributed by atoms with Crippen molar-refractivity contribution < 1.29 is 52.2 Å². The average Bonchev–Trinajstić information content (AvgIpc) is 3.01. The Morgan fingerprint density at radius 3 is 1.19 bits per heavy atom. The molecular weight excluding hydrogens is 552 g/mol. The smallest absolute Gasteiger partial charge is 0.407 e. The molecule has 0 bridgehead atoms. The zero-order chi connectivity index (χ0) is 30.0. The van der Waals surface area contributed by atoms with Crippen molar-refractivity contribution in [3.8, 4) is 0 Å². The Morgan fingerprint density at radius 1 is 0.500 bits per heavy atom. The van der Waals surface area contributed by atoms with Crippen LogP contribution in [0.25, 0.3) is 0 Å². The van der Waals surface area contributed by atoms with E-state index in [4.69, 9.17) is 47.4 Å². The molecule has 0 aliphatic carbocycles. The molecule has 0 aliphatic heterocycles. The quantitative estimate of drug-likeness (QED) is 0.115. The molecule has 0 aromatic heterocycles. The lowest BCUT2D eigenvalue weighted by Crippen LogP contribution is -2.28. The van der Waals surface area contributed by atoms with Gasteiger partial charge in [0.2, 0.25) is 0 Å². The molecule has 0 spiro atoms. The number of nitrogens with one attached hydrogen (secondary N) is 2. The van der Waals surface area contributed by atoms with Gasteiger partial charge in [0.25, 0.3) is 0 Å². The van der Waals surface area contributed by atoms with Gasteiger partial charge in [0.05, 0.1) is 119 Å². The number of amides is 1. The van der Waals surface area contributed by atoms with Crippen LogP contribution in [-0.4, -0.2) is 145 Å². The number of carbonyl (C=O) groups excluding carboxylic acids is 1. The number of likely N-dealkylation sites (N-methyl/N-ethyl adjacent to an activating group) is 1. The number of hydrogen-bond acceptors (Lipinski definition) is 12. The highest BCUT2D eigenvalue weighted by Crippen LogP contribution is 2.00. The number of alkyl carbamates (subject to hydrolysis) is 1. The summed E-state index contributed by atoms with van der Waals surface area (Å²) >= 11 is 0. The first-order valence-electron chi connectivity index (χ1n) is 14.6. The van der Waals surface area contributed by atoms with E-state index in [0.717, 1.165) is 12.1 Å². The average molecular weight is 605 g/mol. The molecule has 244 valence electrons. The van der Waals surface area contributed by atoms with E-state index in [1.54, 1.807) is 0 Å². The Morgan fingerprint density at radius 2 is 0.833 bits per heavy atom. The Bertz CT molecular complexity index is 689. The number of ether oxygens (including phenoxy) is 10. The summed E-state index contributed by atoms with van der Waals surface area (Å²) in [6.45, 7) is 10.7. The molecule has 42 heavy (non-hydrogen) atoms. The fourth-order valence-corrected chi connectivity index (χ4v) is 3.04. The summed E-state index contributed by atoms with van der Waals surface area (Å²) in [5.74, 6) is 0. The molecule has 0 fully saturated rings. The monoisotopic (exact) mass is 604 g/mol. The van der Waals surface area contributed by atoms with Gasteiger partial charge in [-0.2, -0.15) is 0 Å². The van der Waals surface area contributed by atoms with E-state index in [0.29, 0.717) is 125 Å². The lowest BCUT2D eigenvalue weighted by molar-refractivity contribution is -0.0248. The van der Waals surface area contributed by atoms with E-state index in [1.807, 2.05) is 37.4 Å². The maximum Gasteiger partial charge on any atom is 0.407 e. The minimum absolute atomic E-state index is 0.241. The second kappa shape index (κ2) is 32.0. The SMILES string of the molecule is CNCCOCCOCCOCCOCCOCCOCCOCCOCCOCCNC(=O)OCc1ccccc1. The summed E-state index contributed by atoms with van der Waals surface area (Å²) in [5, 5.41) is 5.66. The van der Waals surface area contributed by atoms with Crippen molar-refractivity contribution >= 4 is 6.09 Å². The van der Waals surface area contributed by atoms with Crippen LogP contribution in [0, 0.1) is 0 Å². The molecule has 13 heteroatoms. The number of carbonyl (C=O) groups is 1. The van der Waals surface area contributed by atoms with E-state index < -0.39 is 6.09 Å². The Balaban J connectivity index is 1.65. The third-order valence-corrected chi connectivity index (χ3v) is 5.20. The van der Waals surface area contributed by atoms with Gasteiger partial charge >= 0.3 is 6.09 Å². The van der Waals surface area contributed by atoms with Crippen molar-refractivity contribution in [3.63, 3.8) is 0 Å². The van der Waals surface area contributed by atoms with E-state index in [1.165, 1.54) is 0 Å². The Labute approximate surface area is 250 Å². The van der Waals surface area contributed by atoms with Gasteiger partial charge in [-0.15, -0.1) is 0 Å². The van der Waals surface area contributed by atoms with Gasteiger partial charge in [-0.1, -0.05) is 30.3 Å². The minimum atomic E-state index is -0.466. The predicted octanol–water partition coefficient (Wildman–Crippen LogP) is 1.28. The topological polar surface area (TPSA) is 133 Å². The van der Waals surface area contributed by atoms with Crippen LogP contribution in [0.15, 0.2) is 30.3 Å². The van der Waals surface area contributed by atoms with E-state index in [-0.39, 0.29) is 6.61 Å². The summed E-state index contributed by atoms with van der Waals surface area (Å²) < 4.78 is 54.0. The minimum Gasteiger partial charge on any atom is -0.445 e. The van der Waals surface area contributed by atoms with Gasteiger partial charge in [-0.05, 0) is 12.6 Å². The largest absolute Gasteiger partial charge is 0.445 e. The van der Waals surface area contributed by atoms with Crippen LogP contribution in [0.5, 0.6) is 0 Å². The maximum atomic E-state index is 11.6. The van der Waals surface area contributed by atoms with Crippen molar-refractivity contribution in [1.29, 1.82) is 0 Å². The van der Waals surface area contributed by atoms with Gasteiger partial charge in [0.15, 0.2) is 0 Å². The van der Waals surface area contributed by atoms with Gasteiger partial charge < -0.3 is 58.0 Å². The normalized spacial score (nSPS) is 11.2. The first-order chi connectivity index (χ1) is 20.8. The zero-order valence-electron chi connectivity index (χ0n) is 25.2. The van der Waals surface area contributed by atoms with E-state index in [9.17, 15) is 4.79 Å². The van der Waals surface area contributed by atoms with Crippen LogP contribution in [0.3, 0.4) is 0 Å². The molecular formula is C29H52N2O11. The van der Waals surface area contributed by atoms with Crippen molar-refractivity contribution in [2.75, 3.05) is 139 Å². The van der Waals surface area contributed by atoms with E-state index >= 15 is 0 Å². The summed E-state index contributed by atoms with van der Waals surface area (Å²) in [5.41, 5.74) is 0.940. The van der Waals surface area contributed by atoms with Crippen LogP contribution in [0.1, 0.15) is 5.56 Å². The molecule has 0 aliphatic rings. The van der Waals surface area contributed by atoms with Gasteiger partial charge in [0.1, 0.15) is 6.61 Å². The molecule has 0 atom stereocenters. The maximum absolute atomic E-state index is 11.6. The molecule has 1 rings (SSSR count). The first kappa shape index (κ1) is 38.1. The highest BCUT2D eigenvalue weighted by Gasteiger charge is 2.02. The van der Waals surface area contributed by atoms with E-state index in [2.05, 4.69) is 10.6 Å². The molecule has 0 saturated heterocycles. The summed E-state index contributed by atoms with van der Waals surface area (Å²) in [6.07, 6.45) is -0.466. The fourth-order valence-electron chi connectivity index (χ4n) is 3.04. The molecule has 2 N–H and O–H groups in total. The van der Waals surface area contributed by atoms with Crippen LogP contribution < -0.4 is 10.6 Å². The molecule has 1 amide bonds. The Hall–Kier alpha value is -1.91. The van der Waals surface area contributed by atoms with Crippen LogP contribution >= 0.6 is 0 Å². The van der Waals surface area contributed by atoms with Crippen LogP contribution in [0.2, 0.25) is 0 Å². The molecule has 1 aromatic rings. The first-order valence-corrected chi connectivity index (χ1v) is 14.6. The molecule has 13 nitrogen and oxygen atoms in total. The molecule has 0 unspecified atom stereocenters. The van der Waals surface area contributed by atoms with Crippen molar-refractivity contribution in [2.45, 2.75) is 6.61 Å². The summed E-state index contributed by atoms with van der Waals surface area (Å²) in [6, 6.07) is 9.51. The third kappa shape index (κ3) is 28.2. The third-order valence-electron chi connectivity index (χ3n) is 5.20. The Kier molecular flexibility index (Phi) is 29.1. The number of hydrogen-bond donors (Lipinski definition) is 2. The lowest BCUT2D eigenvalue weighted by atomic mass is 10.2. The van der Waals surface area contributed by atoms with Gasteiger partial charge in [-0.25, -0.2) is 4.79 Å². The second-order valence-electron chi connectivity index (χ2n) is 8.60. The number of rotatable bonds is 32. The molecule has 1 aromatic carbocycles. The highest BCUT2D eigenvalue weighted by atomic mass is 16.6. The molecule has 0 heterocycles. The lowest BCUT2D eigenvalue weighted by Gasteiger charge is -2.09. The summed E-state index contributed by atoms with van der Waals surface area (Å²) in [4.78, 5) is 11.6. The fraction of sp³-hybridized carbons (Fsp3) is 0.759. The summed E-state index contributed by atoms with van der Waals surface area (Å²) in [7, 11) is 1.89. The highest BCUT2D eigenvalue weighted by molar-refractivity contribution is 5.67. The molecule has 0 saturated carbocycles. The predicted molar refractivity (Wildman–Crippen MR) is 156 cm³/mol. The van der Waals surface area contributed by atoms with Crippen molar-refractivity contribution in [3.05, 3.63) is 35.9 Å². The van der Waals surface area contributed by atoms with Crippen molar-refractivity contribution in [1.82, 2.24) is 10.6 Å². The number of benzene rings is 1. The second-order valence-corrected chi connectivity index (χ2v) is 8.60. The van der Waals surface area contributed by atoms with Gasteiger partial charge in [-0.3, -0.25) is 0 Å². The molecule has 0 radical (unpaired) electrons. The van der Waals surface area contributed by atoms with Gasteiger partial charge in [0, 0.05) is 13.1 Å². The van der Waals surface area contributed by atoms with Crippen molar-refractivity contribution in [2.24, 2.45) is 0 Å².